The first-order valence-electron chi connectivity index (χ1n) is 26.7. The number of hydrogen-bond acceptors (Lipinski definition) is 15. The molecule has 18 heteroatoms. The van der Waals surface area contributed by atoms with Gasteiger partial charge in [0.1, 0.15) is 30.1 Å². The molecule has 3 heterocycles. The summed E-state index contributed by atoms with van der Waals surface area (Å²) in [5.41, 5.74) is 18.4. The number of nitrogens with two attached hydrogens (primary N) is 1. The van der Waals surface area contributed by atoms with Crippen molar-refractivity contribution in [1.82, 2.24) is 4.90 Å². The van der Waals surface area contributed by atoms with Gasteiger partial charge in [-0.25, -0.2) is 4.79 Å². The number of azide groups is 1. The van der Waals surface area contributed by atoms with Crippen molar-refractivity contribution in [3.63, 3.8) is 0 Å². The molecule has 3 fully saturated rings. The number of Topliss-reactive ketones (excluding diaryl/α,β-unsaturated/α-hetero) is 3. The van der Waals surface area contributed by atoms with Crippen molar-refractivity contribution in [3.05, 3.63) is 87.9 Å². The minimum absolute atomic E-state index is 0.00341. The number of benzene rings is 1. The number of piperidine rings is 1. The Balaban J connectivity index is 1.43. The Hall–Kier alpha value is -4.88. The van der Waals surface area contributed by atoms with E-state index in [4.69, 9.17) is 39.7 Å². The molecule has 2 saturated heterocycles. The number of esters is 1. The summed E-state index contributed by atoms with van der Waals surface area (Å²) in [6.45, 7) is 11.0. The van der Waals surface area contributed by atoms with Gasteiger partial charge < -0.3 is 49.3 Å². The summed E-state index contributed by atoms with van der Waals surface area (Å²) in [7, 11) is 4.55. The van der Waals surface area contributed by atoms with Gasteiger partial charge in [0.25, 0.3) is 11.7 Å². The maximum atomic E-state index is 14.5. The van der Waals surface area contributed by atoms with Crippen molar-refractivity contribution in [3.8, 4) is 0 Å². The molecule has 5 rings (SSSR count). The lowest BCUT2D eigenvalue weighted by Gasteiger charge is -2.42. The van der Waals surface area contributed by atoms with Crippen LogP contribution in [0.15, 0.2) is 77.0 Å². The molecule has 1 aromatic rings. The van der Waals surface area contributed by atoms with E-state index < -0.39 is 83.8 Å². The van der Waals surface area contributed by atoms with E-state index >= 15 is 0 Å². The number of allylic oxidation sites excluding steroid dienone is 6. The lowest BCUT2D eigenvalue weighted by atomic mass is 9.80. The fourth-order valence-corrected chi connectivity index (χ4v) is 11.0. The first-order valence-corrected chi connectivity index (χ1v) is 26.7. The highest BCUT2D eigenvalue weighted by molar-refractivity contribution is 6.39. The van der Waals surface area contributed by atoms with Crippen molar-refractivity contribution < 1.29 is 62.6 Å². The minimum atomic E-state index is -2.47. The number of cyclic esters (lactones) is 1. The Labute approximate surface area is 443 Å². The lowest BCUT2D eigenvalue weighted by molar-refractivity contribution is -0.265. The van der Waals surface area contributed by atoms with Crippen LogP contribution in [-0.2, 0) is 59.0 Å². The molecule has 3 aliphatic heterocycles. The highest BCUT2D eigenvalue weighted by Crippen LogP contribution is 2.38. The van der Waals surface area contributed by atoms with Gasteiger partial charge in [-0.2, -0.15) is 0 Å². The molecule has 1 aliphatic carbocycles. The average Bonchev–Trinajstić information content (AvgIpc) is 3.39. The molecule has 0 aromatic heterocycles. The van der Waals surface area contributed by atoms with E-state index in [9.17, 15) is 34.2 Å². The molecule has 4 aliphatic rings. The number of fused-ring (bicyclic) bond motifs is 3. The predicted octanol–water partition coefficient (Wildman–Crippen LogP) is 8.04. The summed E-state index contributed by atoms with van der Waals surface area (Å²) in [5.74, 6) is -8.23. The molecular weight excluding hydrogens is 963 g/mol. The number of aliphatic hydroxyl groups is 2. The normalized spacial score (nSPS) is 36.4. The molecule has 0 radical (unpaired) electrons. The number of methoxy groups -OCH3 is 3. The minimum Gasteiger partial charge on any atom is -0.459 e. The average molecular weight is 1050 g/mol. The molecular formula is C57H83N5O13. The van der Waals surface area contributed by atoms with Gasteiger partial charge in [0.05, 0.1) is 31.0 Å². The Bertz CT molecular complexity index is 2290. The molecule has 4 N–H and O–H groups in total. The summed E-state index contributed by atoms with van der Waals surface area (Å²) in [6, 6.07) is 5.06. The predicted molar refractivity (Wildman–Crippen MR) is 282 cm³/mol. The van der Waals surface area contributed by atoms with Gasteiger partial charge >= 0.3 is 5.97 Å². The second kappa shape index (κ2) is 29.0. The van der Waals surface area contributed by atoms with Crippen LogP contribution >= 0.6 is 0 Å². The first-order chi connectivity index (χ1) is 35.7. The van der Waals surface area contributed by atoms with Crippen LogP contribution < -0.4 is 5.73 Å². The quantitative estimate of drug-likeness (QED) is 0.0501. The van der Waals surface area contributed by atoms with Crippen LogP contribution in [-0.4, -0.2) is 133 Å². The first kappa shape index (κ1) is 61.0. The van der Waals surface area contributed by atoms with Gasteiger partial charge in [0.15, 0.2) is 5.78 Å². The molecule has 75 heavy (non-hydrogen) atoms. The summed E-state index contributed by atoms with van der Waals surface area (Å²) in [6.07, 6.45) is 10.5. The van der Waals surface area contributed by atoms with Crippen LogP contribution in [0, 0.1) is 29.6 Å². The Morgan fingerprint density at radius 1 is 0.907 bits per heavy atom. The van der Waals surface area contributed by atoms with E-state index in [2.05, 4.69) is 10.0 Å². The SMILES string of the molecule is CO[C@H]1C[C@@H]2CC[C@@H](C)[C@@](O)(O2)C(=O)C(=O)N2CCCC[C@H]2C(=O)O[C@H]([C@H](N)C[C@@H]2CC[C@@H](OCc3cccc(N=[N+]=[N-])c3)[C@H](OC)C2)CC(=O)[C@H](C)/C=C(\C)[C@@H](O)[C@@H](OC)C(=O)[C@H](C)C[C@H](C)/C=C/C=C/C=C/1C. The summed E-state index contributed by atoms with van der Waals surface area (Å²) in [5, 5.41) is 27.2. The molecule has 15 atom stereocenters. The maximum Gasteiger partial charge on any atom is 0.329 e. The third kappa shape index (κ3) is 16.6. The number of amides is 1. The van der Waals surface area contributed by atoms with Crippen molar-refractivity contribution in [1.29, 1.82) is 0 Å². The van der Waals surface area contributed by atoms with Crippen LogP contribution in [0.4, 0.5) is 5.69 Å². The molecule has 0 spiro atoms. The Morgan fingerprint density at radius 2 is 1.67 bits per heavy atom. The number of carbonyl (C=O) groups excluding carboxylic acids is 5. The number of rotatable bonds is 10. The van der Waals surface area contributed by atoms with Crippen molar-refractivity contribution in [2.24, 2.45) is 40.4 Å². The van der Waals surface area contributed by atoms with E-state index in [0.29, 0.717) is 75.5 Å². The van der Waals surface area contributed by atoms with Crippen molar-refractivity contribution in [2.45, 2.75) is 186 Å². The number of aliphatic hydroxyl groups excluding tert-OH is 1. The van der Waals surface area contributed by atoms with Crippen LogP contribution in [0.1, 0.15) is 124 Å². The molecule has 2 bridgehead atoms. The smallest absolute Gasteiger partial charge is 0.329 e. The van der Waals surface area contributed by atoms with Gasteiger partial charge in [0.2, 0.25) is 5.79 Å². The lowest BCUT2D eigenvalue weighted by Crippen LogP contribution is -2.61. The molecule has 1 saturated carbocycles. The zero-order chi connectivity index (χ0) is 55.0. The number of hydrogen-bond donors (Lipinski definition) is 3. The second-order valence-corrected chi connectivity index (χ2v) is 21.4. The molecule has 0 unspecified atom stereocenters. The Morgan fingerprint density at radius 3 is 2.37 bits per heavy atom. The van der Waals surface area contributed by atoms with E-state index in [1.807, 2.05) is 50.3 Å². The van der Waals surface area contributed by atoms with Gasteiger partial charge in [-0.1, -0.05) is 87.5 Å². The maximum absolute atomic E-state index is 14.5. The second-order valence-electron chi connectivity index (χ2n) is 21.4. The highest BCUT2D eigenvalue weighted by Gasteiger charge is 2.53. The monoisotopic (exact) mass is 1050 g/mol. The summed E-state index contributed by atoms with van der Waals surface area (Å²) in [4.78, 5) is 75.3. The van der Waals surface area contributed by atoms with Gasteiger partial charge in [-0.05, 0) is 118 Å². The van der Waals surface area contributed by atoms with E-state index in [1.165, 1.54) is 7.11 Å². The van der Waals surface area contributed by atoms with E-state index in [1.54, 1.807) is 66.2 Å². The zero-order valence-corrected chi connectivity index (χ0v) is 45.5. The fourth-order valence-electron chi connectivity index (χ4n) is 11.0. The van der Waals surface area contributed by atoms with Gasteiger partial charge in [0, 0.05) is 75.1 Å². The van der Waals surface area contributed by atoms with E-state index in [-0.39, 0.29) is 61.6 Å². The third-order valence-electron chi connectivity index (χ3n) is 15.7. The highest BCUT2D eigenvalue weighted by atomic mass is 16.6. The summed E-state index contributed by atoms with van der Waals surface area (Å²) >= 11 is 0. The fraction of sp³-hybridized carbons (Fsp3) is 0.667. The van der Waals surface area contributed by atoms with Crippen LogP contribution in [0.25, 0.3) is 10.4 Å². The third-order valence-corrected chi connectivity index (χ3v) is 15.7. The largest absolute Gasteiger partial charge is 0.459 e. The number of carbonyl (C=O) groups is 5. The zero-order valence-electron chi connectivity index (χ0n) is 45.5. The molecule has 18 nitrogen and oxygen atoms in total. The topological polar surface area (TPSA) is 259 Å². The number of ether oxygens (including phenoxy) is 6. The Kier molecular flexibility index (Phi) is 23.6. The van der Waals surface area contributed by atoms with Crippen molar-refractivity contribution >= 4 is 34.9 Å². The van der Waals surface area contributed by atoms with Gasteiger partial charge in [-0.15, -0.1) is 0 Å². The van der Waals surface area contributed by atoms with E-state index in [0.717, 1.165) is 16.0 Å². The molecule has 1 amide bonds. The van der Waals surface area contributed by atoms with Gasteiger partial charge in [-0.3, -0.25) is 19.2 Å². The van der Waals surface area contributed by atoms with Crippen molar-refractivity contribution in [2.75, 3.05) is 27.9 Å². The van der Waals surface area contributed by atoms with Crippen LogP contribution in [0.5, 0.6) is 0 Å². The van der Waals surface area contributed by atoms with Crippen LogP contribution in [0.2, 0.25) is 0 Å². The van der Waals surface area contributed by atoms with Crippen LogP contribution in [0.3, 0.4) is 0 Å². The molecule has 1 aromatic carbocycles. The standard InChI is InChI=1S/C57H83N5O13/c1-34-16-11-10-12-17-35(2)48(70-7)31-43-23-21-39(6)57(69,75-43)54(66)55(67)62-25-14-13-20-45(62)56(68)74-49(32-46(63)36(3)27-38(5)52(65)53(72-9)51(64)37(4)26-34)44(58)29-40-22-24-47(50(30-40)71-8)73-33-41-18-15-19-42(28-41)60-61-59/h10-12,15-19,27-28,34,36-37,39-40,43-45,47-50,52-53,65,69H,13-14,20-26,29-33,58H2,1-9H3/b12-10+,16-11+,35-17+,38-27+/t34-,36-,37-,39-,40+,43+,44-,45+,47-,48+,49+,50-,52-,53+,57-/m1/s1. The molecule has 414 valence electrons. The number of ketones is 3. The summed E-state index contributed by atoms with van der Waals surface area (Å²) < 4.78 is 36.1. The number of nitrogens with zero attached hydrogens (tertiary/aromatic N) is 4.